The first-order valence-corrected chi connectivity index (χ1v) is 9.68. The molecule has 4 rings (SSSR count). The van der Waals surface area contributed by atoms with E-state index in [1.807, 2.05) is 4.90 Å². The summed E-state index contributed by atoms with van der Waals surface area (Å²) in [5, 5.41) is 3.90. The third kappa shape index (κ3) is 4.83. The molecule has 12 heteroatoms. The summed E-state index contributed by atoms with van der Waals surface area (Å²) in [6.45, 7) is 0.774. The van der Waals surface area contributed by atoms with Crippen molar-refractivity contribution in [3.05, 3.63) is 36.4 Å². The Bertz CT molecular complexity index is 1030. The van der Waals surface area contributed by atoms with Crippen molar-refractivity contribution in [3.63, 3.8) is 0 Å². The lowest BCUT2D eigenvalue weighted by Crippen LogP contribution is -2.36. The van der Waals surface area contributed by atoms with Crippen LogP contribution >= 0.6 is 0 Å². The molecule has 0 spiro atoms. The molecule has 31 heavy (non-hydrogen) atoms. The van der Waals surface area contributed by atoms with E-state index in [0.717, 1.165) is 10.9 Å². The summed E-state index contributed by atoms with van der Waals surface area (Å²) in [6, 6.07) is 2.67. The third-order valence-electron chi connectivity index (χ3n) is 5.10. The van der Waals surface area contributed by atoms with E-state index in [0.29, 0.717) is 42.9 Å². The van der Waals surface area contributed by atoms with E-state index in [9.17, 15) is 22.0 Å². The molecular formula is C19H19F5N6O. The van der Waals surface area contributed by atoms with E-state index >= 15 is 0 Å². The summed E-state index contributed by atoms with van der Waals surface area (Å²) in [4.78, 5) is 14.0. The van der Waals surface area contributed by atoms with Gasteiger partial charge in [-0.3, -0.25) is 0 Å². The summed E-state index contributed by atoms with van der Waals surface area (Å²) >= 11 is 0. The smallest absolute Gasteiger partial charge is 0.437 e. The molecule has 0 aliphatic carbocycles. The van der Waals surface area contributed by atoms with Crippen LogP contribution in [-0.4, -0.2) is 50.9 Å². The molecule has 0 radical (unpaired) electrons. The summed E-state index contributed by atoms with van der Waals surface area (Å²) in [5.74, 6) is 0.342. The number of hydrogen-bond acceptors (Lipinski definition) is 6. The molecule has 4 heterocycles. The van der Waals surface area contributed by atoms with Gasteiger partial charge in [0.1, 0.15) is 23.6 Å². The number of aromatic nitrogens is 5. The second-order valence-corrected chi connectivity index (χ2v) is 7.24. The molecule has 3 aromatic rings. The van der Waals surface area contributed by atoms with Gasteiger partial charge in [-0.25, -0.2) is 28.4 Å². The van der Waals surface area contributed by atoms with Gasteiger partial charge in [-0.05, 0) is 30.9 Å². The molecule has 3 aromatic heterocycles. The number of hydrogen-bond donors (Lipinski definition) is 0. The lowest BCUT2D eigenvalue weighted by Gasteiger charge is -2.32. The number of rotatable bonds is 6. The first kappa shape index (κ1) is 21.2. The lowest BCUT2D eigenvalue weighted by atomic mass is 9.98. The molecule has 7 nitrogen and oxygen atoms in total. The second kappa shape index (κ2) is 8.60. The number of halogens is 5. The molecule has 166 valence electrons. The minimum absolute atomic E-state index is 0.0681. The topological polar surface area (TPSA) is 69.0 Å². The number of pyridine rings is 1. The third-order valence-corrected chi connectivity index (χ3v) is 5.10. The van der Waals surface area contributed by atoms with Crippen LogP contribution in [0.25, 0.3) is 11.2 Å². The Balaban J connectivity index is 1.37. The number of piperidine rings is 1. The second-order valence-electron chi connectivity index (χ2n) is 7.24. The first-order valence-electron chi connectivity index (χ1n) is 9.68. The summed E-state index contributed by atoms with van der Waals surface area (Å²) in [6.07, 6.45) is -1.73. The Morgan fingerprint density at radius 3 is 2.61 bits per heavy atom. The van der Waals surface area contributed by atoms with E-state index < -0.39 is 24.8 Å². The van der Waals surface area contributed by atoms with E-state index in [1.54, 1.807) is 6.20 Å². The maximum atomic E-state index is 13.0. The molecule has 0 amide bonds. The minimum atomic E-state index is -4.58. The molecule has 1 aliphatic rings. The Morgan fingerprint density at radius 1 is 1.13 bits per heavy atom. The van der Waals surface area contributed by atoms with Gasteiger partial charge in [0.2, 0.25) is 0 Å². The standard InChI is InChI=1S/C19H19F5N6O/c20-15(21)10-30-18-13(8-27-30)26-9-16(28-18)29-6-3-12(4-7-29)11-31-14-2-1-5-25-17(14)19(22,23)24/h1-2,5,8-9,12,15H,3-4,6-7,10-11H2. The molecule has 0 N–H and O–H groups in total. The Hall–Kier alpha value is -3.05. The largest absolute Gasteiger partial charge is 0.491 e. The van der Waals surface area contributed by atoms with Crippen molar-refractivity contribution in [2.45, 2.75) is 32.0 Å². The van der Waals surface area contributed by atoms with Crippen molar-refractivity contribution >= 4 is 17.0 Å². The molecule has 0 atom stereocenters. The fourth-order valence-corrected chi connectivity index (χ4v) is 3.51. The van der Waals surface area contributed by atoms with Crippen LogP contribution in [-0.2, 0) is 12.7 Å². The minimum Gasteiger partial charge on any atom is -0.491 e. The number of alkyl halides is 5. The fourth-order valence-electron chi connectivity index (χ4n) is 3.51. The molecule has 1 saturated heterocycles. The average Bonchev–Trinajstić information content (AvgIpc) is 3.13. The van der Waals surface area contributed by atoms with Gasteiger partial charge in [0.25, 0.3) is 6.43 Å². The molecule has 0 unspecified atom stereocenters. The van der Waals surface area contributed by atoms with Gasteiger partial charge in [-0.15, -0.1) is 0 Å². The van der Waals surface area contributed by atoms with Crippen molar-refractivity contribution in [2.24, 2.45) is 5.92 Å². The van der Waals surface area contributed by atoms with Gasteiger partial charge in [-0.2, -0.15) is 18.3 Å². The van der Waals surface area contributed by atoms with Crippen LogP contribution in [0.5, 0.6) is 5.75 Å². The van der Waals surface area contributed by atoms with Gasteiger partial charge in [-0.1, -0.05) is 0 Å². The Labute approximate surface area is 173 Å². The van der Waals surface area contributed by atoms with Crippen LogP contribution in [0.15, 0.2) is 30.7 Å². The average molecular weight is 442 g/mol. The molecular weight excluding hydrogens is 423 g/mol. The molecule has 1 fully saturated rings. The lowest BCUT2D eigenvalue weighted by molar-refractivity contribution is -0.142. The highest BCUT2D eigenvalue weighted by atomic mass is 19.4. The zero-order valence-corrected chi connectivity index (χ0v) is 16.3. The van der Waals surface area contributed by atoms with Gasteiger partial charge < -0.3 is 9.64 Å². The molecule has 0 aromatic carbocycles. The van der Waals surface area contributed by atoms with Crippen LogP contribution in [0.4, 0.5) is 27.8 Å². The highest BCUT2D eigenvalue weighted by molar-refractivity contribution is 5.71. The number of anilines is 1. The SMILES string of the molecule is FC(F)Cn1ncc2ncc(N3CCC(COc4cccnc4C(F)(F)F)CC3)nc21. The van der Waals surface area contributed by atoms with Crippen LogP contribution in [0.3, 0.4) is 0 Å². The predicted octanol–water partition coefficient (Wildman–Crippen LogP) is 3.80. The number of fused-ring (bicyclic) bond motifs is 1. The van der Waals surface area contributed by atoms with E-state index in [-0.39, 0.29) is 18.3 Å². The predicted molar refractivity (Wildman–Crippen MR) is 101 cm³/mol. The van der Waals surface area contributed by atoms with Crippen LogP contribution in [0.2, 0.25) is 0 Å². The maximum Gasteiger partial charge on any atom is 0.437 e. The fraction of sp³-hybridized carbons (Fsp3) is 0.474. The van der Waals surface area contributed by atoms with Crippen molar-refractivity contribution in [2.75, 3.05) is 24.6 Å². The van der Waals surface area contributed by atoms with Crippen molar-refractivity contribution in [1.29, 1.82) is 0 Å². The summed E-state index contributed by atoms with van der Waals surface area (Å²) in [7, 11) is 0. The Morgan fingerprint density at radius 2 is 1.90 bits per heavy atom. The monoisotopic (exact) mass is 442 g/mol. The maximum absolute atomic E-state index is 13.0. The van der Waals surface area contributed by atoms with E-state index in [4.69, 9.17) is 4.74 Å². The number of ether oxygens (including phenoxy) is 1. The number of nitrogens with zero attached hydrogens (tertiary/aromatic N) is 6. The van der Waals surface area contributed by atoms with Crippen LogP contribution in [0.1, 0.15) is 18.5 Å². The van der Waals surface area contributed by atoms with Gasteiger partial charge in [0, 0.05) is 19.3 Å². The summed E-state index contributed by atoms with van der Waals surface area (Å²) < 4.78 is 71.1. The zero-order chi connectivity index (χ0) is 22.0. The van der Waals surface area contributed by atoms with Crippen molar-refractivity contribution in [3.8, 4) is 5.75 Å². The Kier molecular flexibility index (Phi) is 5.88. The molecule has 1 aliphatic heterocycles. The highest BCUT2D eigenvalue weighted by Gasteiger charge is 2.36. The summed E-state index contributed by atoms with van der Waals surface area (Å²) in [5.41, 5.74) is -0.305. The first-order chi connectivity index (χ1) is 14.8. The van der Waals surface area contributed by atoms with Crippen LogP contribution < -0.4 is 9.64 Å². The quantitative estimate of drug-likeness (QED) is 0.541. The normalized spacial score (nSPS) is 15.7. The highest BCUT2D eigenvalue weighted by Crippen LogP contribution is 2.34. The van der Waals surface area contributed by atoms with Crippen LogP contribution in [0, 0.1) is 5.92 Å². The van der Waals surface area contributed by atoms with E-state index in [1.165, 1.54) is 18.3 Å². The molecule has 0 bridgehead atoms. The zero-order valence-electron chi connectivity index (χ0n) is 16.3. The van der Waals surface area contributed by atoms with E-state index in [2.05, 4.69) is 20.1 Å². The van der Waals surface area contributed by atoms with Crippen molar-refractivity contribution < 1.29 is 26.7 Å². The van der Waals surface area contributed by atoms with Gasteiger partial charge >= 0.3 is 6.18 Å². The van der Waals surface area contributed by atoms with Crippen molar-refractivity contribution in [1.82, 2.24) is 24.7 Å². The van der Waals surface area contributed by atoms with Gasteiger partial charge in [0.05, 0.1) is 19.0 Å². The molecule has 0 saturated carbocycles. The van der Waals surface area contributed by atoms with Gasteiger partial charge in [0.15, 0.2) is 11.3 Å².